The van der Waals surface area contributed by atoms with E-state index in [-0.39, 0.29) is 17.8 Å². The number of nitrogens with zero attached hydrogens (tertiary/aromatic N) is 3. The zero-order valence-corrected chi connectivity index (χ0v) is 14.1. The minimum absolute atomic E-state index is 0. The number of likely N-dealkylation sites (tertiary alicyclic amines) is 1. The minimum atomic E-state index is 0. The van der Waals surface area contributed by atoms with Gasteiger partial charge >= 0.3 is 0 Å². The molecule has 0 bridgehead atoms. The summed E-state index contributed by atoms with van der Waals surface area (Å²) in [6.07, 6.45) is 3.32. The Morgan fingerprint density at radius 3 is 2.64 bits per heavy atom. The molecule has 120 valence electrons. The number of aryl methyl sites for hydroxylation is 1. The molecule has 0 radical (unpaired) electrons. The zero-order chi connectivity index (χ0) is 14.9. The SMILES string of the molecule is Cl.Cn1cc(CN2CCC(C)(CN)C2)c(-c2ccccc2)n1. The van der Waals surface area contributed by atoms with Gasteiger partial charge in [0.15, 0.2) is 0 Å². The van der Waals surface area contributed by atoms with E-state index < -0.39 is 0 Å². The van der Waals surface area contributed by atoms with Gasteiger partial charge in [-0.1, -0.05) is 37.3 Å². The molecule has 1 saturated heterocycles. The van der Waals surface area contributed by atoms with Gasteiger partial charge in [-0.05, 0) is 24.9 Å². The van der Waals surface area contributed by atoms with Gasteiger partial charge in [0.25, 0.3) is 0 Å². The van der Waals surface area contributed by atoms with Gasteiger partial charge in [0, 0.05) is 37.5 Å². The molecular weight excluding hydrogens is 296 g/mol. The van der Waals surface area contributed by atoms with Gasteiger partial charge in [0.2, 0.25) is 0 Å². The van der Waals surface area contributed by atoms with Crippen LogP contribution in [0.1, 0.15) is 18.9 Å². The number of aromatic nitrogens is 2. The van der Waals surface area contributed by atoms with Crippen LogP contribution in [0.4, 0.5) is 0 Å². The second-order valence-corrected chi connectivity index (χ2v) is 6.52. The zero-order valence-electron chi connectivity index (χ0n) is 13.3. The van der Waals surface area contributed by atoms with Crippen molar-refractivity contribution in [2.75, 3.05) is 19.6 Å². The topological polar surface area (TPSA) is 47.1 Å². The maximum absolute atomic E-state index is 5.91. The lowest BCUT2D eigenvalue weighted by molar-refractivity contribution is 0.274. The van der Waals surface area contributed by atoms with Crippen molar-refractivity contribution in [3.8, 4) is 11.3 Å². The highest BCUT2D eigenvalue weighted by Crippen LogP contribution is 2.31. The van der Waals surface area contributed by atoms with Crippen LogP contribution in [0.3, 0.4) is 0 Å². The average Bonchev–Trinajstić information content (AvgIpc) is 3.04. The molecule has 3 rings (SSSR count). The Hall–Kier alpha value is -1.36. The summed E-state index contributed by atoms with van der Waals surface area (Å²) in [7, 11) is 1.99. The fourth-order valence-corrected chi connectivity index (χ4v) is 3.16. The highest BCUT2D eigenvalue weighted by molar-refractivity contribution is 5.85. The van der Waals surface area contributed by atoms with Crippen LogP contribution < -0.4 is 5.73 Å². The van der Waals surface area contributed by atoms with Crippen molar-refractivity contribution in [3.05, 3.63) is 42.1 Å². The van der Waals surface area contributed by atoms with E-state index in [1.165, 1.54) is 17.5 Å². The molecule has 1 aromatic carbocycles. The largest absolute Gasteiger partial charge is 0.330 e. The predicted molar refractivity (Wildman–Crippen MR) is 92.9 cm³/mol. The summed E-state index contributed by atoms with van der Waals surface area (Å²) in [5.41, 5.74) is 9.76. The molecule has 22 heavy (non-hydrogen) atoms. The summed E-state index contributed by atoms with van der Waals surface area (Å²) in [6, 6.07) is 10.4. The Morgan fingerprint density at radius 2 is 2.00 bits per heavy atom. The smallest absolute Gasteiger partial charge is 0.0968 e. The molecule has 1 aliphatic rings. The number of rotatable bonds is 4. The third kappa shape index (κ3) is 3.51. The van der Waals surface area contributed by atoms with Crippen molar-refractivity contribution in [2.24, 2.45) is 18.2 Å². The second kappa shape index (κ2) is 6.82. The molecule has 1 aliphatic heterocycles. The molecule has 4 nitrogen and oxygen atoms in total. The van der Waals surface area contributed by atoms with Gasteiger partial charge in [-0.15, -0.1) is 12.4 Å². The van der Waals surface area contributed by atoms with Gasteiger partial charge < -0.3 is 5.73 Å². The van der Waals surface area contributed by atoms with Crippen molar-refractivity contribution >= 4 is 12.4 Å². The fraction of sp³-hybridized carbons (Fsp3) is 0.471. The first-order valence-electron chi connectivity index (χ1n) is 7.60. The Labute approximate surface area is 138 Å². The molecule has 5 heteroatoms. The predicted octanol–water partition coefficient (Wildman–Crippen LogP) is 2.68. The highest BCUT2D eigenvalue weighted by Gasteiger charge is 2.32. The molecule has 2 heterocycles. The Morgan fingerprint density at radius 1 is 1.27 bits per heavy atom. The summed E-state index contributed by atoms with van der Waals surface area (Å²) < 4.78 is 1.91. The molecule has 1 aromatic heterocycles. The maximum atomic E-state index is 5.91. The van der Waals surface area contributed by atoms with E-state index in [0.717, 1.165) is 31.9 Å². The van der Waals surface area contributed by atoms with E-state index in [4.69, 9.17) is 5.73 Å². The third-order valence-electron chi connectivity index (χ3n) is 4.48. The molecule has 0 spiro atoms. The number of halogens is 1. The molecular formula is C17H25ClN4. The second-order valence-electron chi connectivity index (χ2n) is 6.52. The first kappa shape index (κ1) is 17.0. The molecule has 2 aromatic rings. The molecule has 1 atom stereocenters. The Bertz CT molecular complexity index is 610. The first-order valence-corrected chi connectivity index (χ1v) is 7.60. The van der Waals surface area contributed by atoms with E-state index in [1.807, 2.05) is 17.8 Å². The maximum Gasteiger partial charge on any atom is 0.0968 e. The van der Waals surface area contributed by atoms with Crippen LogP contribution in [-0.2, 0) is 13.6 Å². The van der Waals surface area contributed by atoms with Crippen molar-refractivity contribution in [1.82, 2.24) is 14.7 Å². The van der Waals surface area contributed by atoms with E-state index in [2.05, 4.69) is 47.4 Å². The van der Waals surface area contributed by atoms with Crippen molar-refractivity contribution < 1.29 is 0 Å². The van der Waals surface area contributed by atoms with Crippen molar-refractivity contribution in [1.29, 1.82) is 0 Å². The molecule has 1 fully saturated rings. The first-order chi connectivity index (χ1) is 10.1. The van der Waals surface area contributed by atoms with E-state index in [0.29, 0.717) is 0 Å². The summed E-state index contributed by atoms with van der Waals surface area (Å²) in [5.74, 6) is 0. The summed E-state index contributed by atoms with van der Waals surface area (Å²) >= 11 is 0. The number of hydrogen-bond donors (Lipinski definition) is 1. The van der Waals surface area contributed by atoms with Crippen molar-refractivity contribution in [2.45, 2.75) is 19.9 Å². The van der Waals surface area contributed by atoms with Crippen molar-refractivity contribution in [3.63, 3.8) is 0 Å². The fourth-order valence-electron chi connectivity index (χ4n) is 3.16. The molecule has 1 unspecified atom stereocenters. The lowest BCUT2D eigenvalue weighted by Crippen LogP contribution is -2.31. The summed E-state index contributed by atoms with van der Waals surface area (Å²) in [6.45, 7) is 6.20. The molecule has 2 N–H and O–H groups in total. The monoisotopic (exact) mass is 320 g/mol. The number of hydrogen-bond acceptors (Lipinski definition) is 3. The number of benzene rings is 1. The average molecular weight is 321 g/mol. The van der Waals surface area contributed by atoms with Crippen LogP contribution in [0.5, 0.6) is 0 Å². The molecule has 0 aliphatic carbocycles. The van der Waals surface area contributed by atoms with Crippen LogP contribution in [0.2, 0.25) is 0 Å². The number of nitrogens with two attached hydrogens (primary N) is 1. The van der Waals surface area contributed by atoms with Gasteiger partial charge in [-0.2, -0.15) is 5.10 Å². The van der Waals surface area contributed by atoms with E-state index in [1.54, 1.807) is 0 Å². The lowest BCUT2D eigenvalue weighted by Gasteiger charge is -2.22. The summed E-state index contributed by atoms with van der Waals surface area (Å²) in [4.78, 5) is 2.50. The van der Waals surface area contributed by atoms with Crippen LogP contribution in [0.15, 0.2) is 36.5 Å². The van der Waals surface area contributed by atoms with Crippen LogP contribution in [-0.4, -0.2) is 34.3 Å². The van der Waals surface area contributed by atoms with Gasteiger partial charge in [0.1, 0.15) is 0 Å². The quantitative estimate of drug-likeness (QED) is 0.942. The van der Waals surface area contributed by atoms with Crippen LogP contribution >= 0.6 is 12.4 Å². The lowest BCUT2D eigenvalue weighted by atomic mass is 9.90. The van der Waals surface area contributed by atoms with E-state index in [9.17, 15) is 0 Å². The molecule has 0 saturated carbocycles. The van der Waals surface area contributed by atoms with Crippen LogP contribution in [0.25, 0.3) is 11.3 Å². The normalized spacial score (nSPS) is 21.8. The van der Waals surface area contributed by atoms with Crippen LogP contribution in [0, 0.1) is 5.41 Å². The highest BCUT2D eigenvalue weighted by atomic mass is 35.5. The minimum Gasteiger partial charge on any atom is -0.330 e. The Balaban J connectivity index is 0.00000176. The third-order valence-corrected chi connectivity index (χ3v) is 4.48. The van der Waals surface area contributed by atoms with Gasteiger partial charge in [0.05, 0.1) is 5.69 Å². The van der Waals surface area contributed by atoms with Gasteiger partial charge in [-0.3, -0.25) is 9.58 Å². The molecule has 0 amide bonds. The standard InChI is InChI=1S/C17H24N4.ClH/c1-17(12-18)8-9-21(13-17)11-15-10-20(2)19-16(15)14-6-4-3-5-7-14;/h3-7,10H,8-9,11-13,18H2,1-2H3;1H. The van der Waals surface area contributed by atoms with E-state index >= 15 is 0 Å². The van der Waals surface area contributed by atoms with Gasteiger partial charge in [-0.25, -0.2) is 0 Å². The Kier molecular flexibility index (Phi) is 5.27. The summed E-state index contributed by atoms with van der Waals surface area (Å²) in [5, 5.41) is 4.64.